The van der Waals surface area contributed by atoms with Crippen LogP contribution in [0.2, 0.25) is 5.02 Å². The Hall–Kier alpha value is -1.66. The first kappa shape index (κ1) is 15.4. The molecular formula is C12H13ClFNO4. The SMILES string of the molecule is COCC(=O)N(CCC(=O)O)c1ccc(F)c(Cl)c1. The smallest absolute Gasteiger partial charge is 0.305 e. The Labute approximate surface area is 114 Å². The minimum atomic E-state index is -1.04. The largest absolute Gasteiger partial charge is 0.481 e. The van der Waals surface area contributed by atoms with Crippen molar-refractivity contribution in [3.05, 3.63) is 29.0 Å². The third kappa shape index (κ3) is 4.50. The van der Waals surface area contributed by atoms with Crippen LogP contribution in [-0.4, -0.2) is 37.2 Å². The van der Waals surface area contributed by atoms with Gasteiger partial charge >= 0.3 is 5.97 Å². The highest BCUT2D eigenvalue weighted by Crippen LogP contribution is 2.23. The van der Waals surface area contributed by atoms with E-state index in [4.69, 9.17) is 21.4 Å². The summed E-state index contributed by atoms with van der Waals surface area (Å²) in [4.78, 5) is 23.6. The van der Waals surface area contributed by atoms with E-state index in [1.54, 1.807) is 0 Å². The van der Waals surface area contributed by atoms with E-state index in [2.05, 4.69) is 0 Å². The zero-order valence-electron chi connectivity index (χ0n) is 10.2. The molecule has 0 unspecified atom stereocenters. The van der Waals surface area contributed by atoms with Crippen LogP contribution in [0.3, 0.4) is 0 Å². The van der Waals surface area contributed by atoms with Gasteiger partial charge < -0.3 is 14.7 Å². The molecule has 1 amide bonds. The highest BCUT2D eigenvalue weighted by atomic mass is 35.5. The van der Waals surface area contributed by atoms with E-state index in [1.165, 1.54) is 24.1 Å². The van der Waals surface area contributed by atoms with Crippen molar-refractivity contribution in [1.29, 1.82) is 0 Å². The van der Waals surface area contributed by atoms with Crippen molar-refractivity contribution in [2.75, 3.05) is 25.2 Å². The maximum atomic E-state index is 13.1. The number of hydrogen-bond donors (Lipinski definition) is 1. The van der Waals surface area contributed by atoms with Crippen molar-refractivity contribution in [2.24, 2.45) is 0 Å². The first-order chi connectivity index (χ1) is 8.95. The van der Waals surface area contributed by atoms with Gasteiger partial charge in [0.05, 0.1) is 11.4 Å². The summed E-state index contributed by atoms with van der Waals surface area (Å²) in [7, 11) is 1.35. The van der Waals surface area contributed by atoms with Gasteiger partial charge in [0, 0.05) is 19.3 Å². The third-order valence-electron chi connectivity index (χ3n) is 2.33. The molecule has 1 rings (SSSR count). The maximum absolute atomic E-state index is 13.1. The number of anilines is 1. The van der Waals surface area contributed by atoms with Crippen LogP contribution in [0.4, 0.5) is 10.1 Å². The average molecular weight is 290 g/mol. The van der Waals surface area contributed by atoms with Gasteiger partial charge in [-0.1, -0.05) is 11.6 Å². The summed E-state index contributed by atoms with van der Waals surface area (Å²) < 4.78 is 17.8. The van der Waals surface area contributed by atoms with Crippen LogP contribution in [0, 0.1) is 5.82 Å². The Kier molecular flexibility index (Phi) is 5.72. The molecule has 7 heteroatoms. The first-order valence-corrected chi connectivity index (χ1v) is 5.79. The fourth-order valence-electron chi connectivity index (χ4n) is 1.46. The first-order valence-electron chi connectivity index (χ1n) is 5.42. The second-order valence-electron chi connectivity index (χ2n) is 3.72. The van der Waals surface area contributed by atoms with Crippen molar-refractivity contribution in [2.45, 2.75) is 6.42 Å². The lowest BCUT2D eigenvalue weighted by molar-refractivity contribution is -0.136. The van der Waals surface area contributed by atoms with E-state index in [0.717, 1.165) is 6.07 Å². The minimum absolute atomic E-state index is 0.0422. The quantitative estimate of drug-likeness (QED) is 0.869. The van der Waals surface area contributed by atoms with Gasteiger partial charge in [-0.2, -0.15) is 0 Å². The van der Waals surface area contributed by atoms with E-state index in [9.17, 15) is 14.0 Å². The summed E-state index contributed by atoms with van der Waals surface area (Å²) in [5.74, 6) is -2.07. The maximum Gasteiger partial charge on any atom is 0.305 e. The number of aliphatic carboxylic acids is 1. The van der Waals surface area contributed by atoms with Crippen LogP contribution in [-0.2, 0) is 14.3 Å². The molecule has 1 N–H and O–H groups in total. The van der Waals surface area contributed by atoms with Crippen LogP contribution in [0.15, 0.2) is 18.2 Å². The molecule has 0 aromatic heterocycles. The minimum Gasteiger partial charge on any atom is -0.481 e. The predicted octanol–water partition coefficient (Wildman–Crippen LogP) is 1.93. The molecule has 0 aliphatic carbocycles. The van der Waals surface area contributed by atoms with Crippen LogP contribution < -0.4 is 4.90 Å². The number of carboxylic acid groups (broad SMARTS) is 1. The van der Waals surface area contributed by atoms with E-state index in [0.29, 0.717) is 5.69 Å². The summed E-state index contributed by atoms with van der Waals surface area (Å²) in [6, 6.07) is 3.74. The Morgan fingerprint density at radius 2 is 2.16 bits per heavy atom. The molecule has 0 spiro atoms. The summed E-state index contributed by atoms with van der Waals surface area (Å²) in [5, 5.41) is 8.53. The number of carbonyl (C=O) groups is 2. The van der Waals surface area contributed by atoms with Gasteiger partial charge in [0.25, 0.3) is 5.91 Å². The highest BCUT2D eigenvalue weighted by molar-refractivity contribution is 6.31. The summed E-state index contributed by atoms with van der Waals surface area (Å²) in [5.41, 5.74) is 0.328. The van der Waals surface area contributed by atoms with E-state index in [1.807, 2.05) is 0 Å². The summed E-state index contributed by atoms with van der Waals surface area (Å²) >= 11 is 5.64. The van der Waals surface area contributed by atoms with Gasteiger partial charge in [0.1, 0.15) is 12.4 Å². The van der Waals surface area contributed by atoms with Crippen molar-refractivity contribution < 1.29 is 23.8 Å². The zero-order chi connectivity index (χ0) is 14.4. The number of benzene rings is 1. The molecule has 0 atom stereocenters. The molecule has 1 aromatic carbocycles. The number of halogens is 2. The molecule has 5 nitrogen and oxygen atoms in total. The van der Waals surface area contributed by atoms with Crippen molar-refractivity contribution in [1.82, 2.24) is 0 Å². The number of rotatable bonds is 6. The molecule has 19 heavy (non-hydrogen) atoms. The molecule has 0 aliphatic rings. The Balaban J connectivity index is 2.96. The molecule has 0 saturated heterocycles. The van der Waals surface area contributed by atoms with Gasteiger partial charge in [-0.25, -0.2) is 4.39 Å². The van der Waals surface area contributed by atoms with E-state index in [-0.39, 0.29) is 24.6 Å². The van der Waals surface area contributed by atoms with Gasteiger partial charge in [-0.05, 0) is 18.2 Å². The molecule has 0 aliphatic heterocycles. The Morgan fingerprint density at radius 1 is 1.47 bits per heavy atom. The highest BCUT2D eigenvalue weighted by Gasteiger charge is 2.17. The Morgan fingerprint density at radius 3 is 2.68 bits per heavy atom. The number of nitrogens with zero attached hydrogens (tertiary/aromatic N) is 1. The lowest BCUT2D eigenvalue weighted by Crippen LogP contribution is -2.35. The Bertz CT molecular complexity index is 481. The zero-order valence-corrected chi connectivity index (χ0v) is 11.0. The predicted molar refractivity (Wildman–Crippen MR) is 67.9 cm³/mol. The second-order valence-corrected chi connectivity index (χ2v) is 4.13. The molecular weight excluding hydrogens is 277 g/mol. The lowest BCUT2D eigenvalue weighted by Gasteiger charge is -2.22. The molecule has 0 saturated carbocycles. The van der Waals surface area contributed by atoms with Gasteiger partial charge in [-0.3, -0.25) is 9.59 Å². The van der Waals surface area contributed by atoms with Gasteiger partial charge in [0.2, 0.25) is 0 Å². The van der Waals surface area contributed by atoms with Gasteiger partial charge in [-0.15, -0.1) is 0 Å². The number of carboxylic acids is 1. The van der Waals surface area contributed by atoms with E-state index >= 15 is 0 Å². The molecule has 0 radical (unpaired) electrons. The van der Waals surface area contributed by atoms with Crippen LogP contribution >= 0.6 is 11.6 Å². The fraction of sp³-hybridized carbons (Fsp3) is 0.333. The summed E-state index contributed by atoms with van der Waals surface area (Å²) in [6.45, 7) is -0.242. The number of amides is 1. The topological polar surface area (TPSA) is 66.8 Å². The van der Waals surface area contributed by atoms with Crippen LogP contribution in [0.1, 0.15) is 6.42 Å². The molecule has 104 valence electrons. The number of carbonyl (C=O) groups excluding carboxylic acids is 1. The fourth-order valence-corrected chi connectivity index (χ4v) is 1.63. The lowest BCUT2D eigenvalue weighted by atomic mass is 10.2. The number of hydrogen-bond acceptors (Lipinski definition) is 3. The molecule has 0 bridgehead atoms. The van der Waals surface area contributed by atoms with E-state index < -0.39 is 17.7 Å². The van der Waals surface area contributed by atoms with Crippen LogP contribution in [0.5, 0.6) is 0 Å². The standard InChI is InChI=1S/C12H13ClFNO4/c1-19-7-11(16)15(5-4-12(17)18)8-2-3-10(14)9(13)6-8/h2-3,6H,4-5,7H2,1H3,(H,17,18). The van der Waals surface area contributed by atoms with Crippen molar-refractivity contribution in [3.8, 4) is 0 Å². The second kappa shape index (κ2) is 7.06. The molecule has 0 fully saturated rings. The third-order valence-corrected chi connectivity index (χ3v) is 2.62. The van der Waals surface area contributed by atoms with Crippen molar-refractivity contribution in [3.63, 3.8) is 0 Å². The average Bonchev–Trinajstić information content (AvgIpc) is 2.33. The van der Waals surface area contributed by atoms with Gasteiger partial charge in [0.15, 0.2) is 0 Å². The number of methoxy groups -OCH3 is 1. The molecule has 0 heterocycles. The normalized spacial score (nSPS) is 10.3. The molecule has 1 aromatic rings. The summed E-state index contributed by atoms with van der Waals surface area (Å²) in [6.07, 6.45) is -0.232. The monoisotopic (exact) mass is 289 g/mol. The van der Waals surface area contributed by atoms with Crippen molar-refractivity contribution >= 4 is 29.2 Å². The number of ether oxygens (including phenoxy) is 1. The van der Waals surface area contributed by atoms with Crippen LogP contribution in [0.25, 0.3) is 0 Å².